The third-order valence-electron chi connectivity index (χ3n) is 3.44. The van der Waals surface area contributed by atoms with Crippen LogP contribution in [-0.4, -0.2) is 30.1 Å². The Kier molecular flexibility index (Phi) is 4.01. The Bertz CT molecular complexity index is 722. The third kappa shape index (κ3) is 3.06. The summed E-state index contributed by atoms with van der Waals surface area (Å²) in [6, 6.07) is 17.9. The number of hydrogen-bond acceptors (Lipinski definition) is 3. The van der Waals surface area contributed by atoms with Gasteiger partial charge in [0.05, 0.1) is 6.54 Å². The molecule has 2 aromatic rings. The van der Waals surface area contributed by atoms with Crippen LogP contribution < -0.4 is 0 Å². The first kappa shape index (κ1) is 14.1. The lowest BCUT2D eigenvalue weighted by Crippen LogP contribution is -2.29. The number of benzene rings is 2. The van der Waals surface area contributed by atoms with E-state index in [0.717, 1.165) is 21.6 Å². The number of imide groups is 1. The lowest BCUT2D eigenvalue weighted by Gasteiger charge is -2.06. The van der Waals surface area contributed by atoms with Gasteiger partial charge in [0, 0.05) is 6.08 Å². The maximum Gasteiger partial charge on any atom is 0.416 e. The first-order chi connectivity index (χ1) is 10.7. The number of amides is 2. The molecule has 0 spiro atoms. The van der Waals surface area contributed by atoms with E-state index in [1.165, 1.54) is 6.08 Å². The normalized spacial score (nSPS) is 14.4. The third-order valence-corrected chi connectivity index (χ3v) is 3.44. The van der Waals surface area contributed by atoms with Crippen LogP contribution in [0.4, 0.5) is 4.79 Å². The van der Waals surface area contributed by atoms with Gasteiger partial charge in [-0.25, -0.2) is 9.69 Å². The van der Waals surface area contributed by atoms with Crippen LogP contribution in [0.5, 0.6) is 0 Å². The zero-order valence-corrected chi connectivity index (χ0v) is 11.9. The molecule has 0 aliphatic carbocycles. The van der Waals surface area contributed by atoms with Gasteiger partial charge in [-0.05, 0) is 28.8 Å². The molecule has 1 fully saturated rings. The van der Waals surface area contributed by atoms with Crippen molar-refractivity contribution in [2.45, 2.75) is 0 Å². The second-order valence-electron chi connectivity index (χ2n) is 4.93. The van der Waals surface area contributed by atoms with Crippen molar-refractivity contribution >= 4 is 18.1 Å². The van der Waals surface area contributed by atoms with Gasteiger partial charge >= 0.3 is 6.09 Å². The van der Waals surface area contributed by atoms with Crippen LogP contribution in [0.2, 0.25) is 0 Å². The maximum absolute atomic E-state index is 11.9. The number of cyclic esters (lactones) is 1. The molecule has 4 heteroatoms. The minimum absolute atomic E-state index is 0.266. The summed E-state index contributed by atoms with van der Waals surface area (Å²) in [6.45, 7) is 0.577. The predicted octanol–water partition coefficient (Wildman–Crippen LogP) is 3.35. The average Bonchev–Trinajstić information content (AvgIpc) is 3.00. The molecule has 3 rings (SSSR count). The molecule has 2 amide bonds. The molecule has 0 radical (unpaired) electrons. The van der Waals surface area contributed by atoms with Crippen LogP contribution in [-0.2, 0) is 9.53 Å². The molecule has 0 unspecified atom stereocenters. The number of carbonyl (C=O) groups excluding carboxylic acids is 2. The van der Waals surface area contributed by atoms with Crippen molar-refractivity contribution in [2.75, 3.05) is 13.2 Å². The predicted molar refractivity (Wildman–Crippen MR) is 84.0 cm³/mol. The smallest absolute Gasteiger partial charge is 0.416 e. The Balaban J connectivity index is 1.77. The standard InChI is InChI=1S/C18H15NO3/c20-17(19-11-12-22-18(19)21)10-9-14-5-4-8-16(13-14)15-6-2-1-3-7-15/h1-10,13H,11-12H2/b10-9+. The summed E-state index contributed by atoms with van der Waals surface area (Å²) in [5.41, 5.74) is 3.10. The first-order valence-corrected chi connectivity index (χ1v) is 7.06. The highest BCUT2D eigenvalue weighted by Crippen LogP contribution is 2.20. The first-order valence-electron chi connectivity index (χ1n) is 7.06. The highest BCUT2D eigenvalue weighted by molar-refractivity contribution is 6.01. The summed E-state index contributed by atoms with van der Waals surface area (Å²) in [7, 11) is 0. The van der Waals surface area contributed by atoms with Crippen molar-refractivity contribution in [3.63, 3.8) is 0 Å². The average molecular weight is 293 g/mol. The van der Waals surface area contributed by atoms with E-state index in [4.69, 9.17) is 4.74 Å². The molecule has 22 heavy (non-hydrogen) atoms. The van der Waals surface area contributed by atoms with Gasteiger partial charge in [-0.15, -0.1) is 0 Å². The molecule has 0 aromatic heterocycles. The molecular formula is C18H15NO3. The zero-order chi connectivity index (χ0) is 15.4. The highest BCUT2D eigenvalue weighted by atomic mass is 16.6. The van der Waals surface area contributed by atoms with Crippen molar-refractivity contribution in [3.8, 4) is 11.1 Å². The number of ether oxygens (including phenoxy) is 1. The highest BCUT2D eigenvalue weighted by Gasteiger charge is 2.26. The summed E-state index contributed by atoms with van der Waals surface area (Å²) >= 11 is 0. The fourth-order valence-electron chi connectivity index (χ4n) is 2.30. The van der Waals surface area contributed by atoms with Gasteiger partial charge in [-0.3, -0.25) is 4.79 Å². The van der Waals surface area contributed by atoms with Gasteiger partial charge < -0.3 is 4.74 Å². The van der Waals surface area contributed by atoms with E-state index >= 15 is 0 Å². The molecule has 1 aliphatic heterocycles. The van der Waals surface area contributed by atoms with Crippen LogP contribution in [0.1, 0.15) is 5.56 Å². The van der Waals surface area contributed by atoms with Gasteiger partial charge in [0.25, 0.3) is 5.91 Å². The summed E-state index contributed by atoms with van der Waals surface area (Å²) in [5.74, 6) is -0.354. The van der Waals surface area contributed by atoms with E-state index in [9.17, 15) is 9.59 Å². The van der Waals surface area contributed by atoms with Gasteiger partial charge in [-0.2, -0.15) is 0 Å². The fraction of sp³-hybridized carbons (Fsp3) is 0.111. The summed E-state index contributed by atoms with van der Waals surface area (Å²) in [6.07, 6.45) is 2.53. The molecule has 4 nitrogen and oxygen atoms in total. The number of hydrogen-bond donors (Lipinski definition) is 0. The van der Waals surface area contributed by atoms with Crippen molar-refractivity contribution in [1.29, 1.82) is 0 Å². The number of carbonyl (C=O) groups is 2. The largest absolute Gasteiger partial charge is 0.447 e. The van der Waals surface area contributed by atoms with E-state index in [0.29, 0.717) is 6.54 Å². The molecule has 2 aromatic carbocycles. The van der Waals surface area contributed by atoms with Crippen LogP contribution >= 0.6 is 0 Å². The van der Waals surface area contributed by atoms with E-state index in [2.05, 4.69) is 0 Å². The maximum atomic E-state index is 11.9. The van der Waals surface area contributed by atoms with Crippen LogP contribution in [0.25, 0.3) is 17.2 Å². The minimum atomic E-state index is -0.576. The van der Waals surface area contributed by atoms with Gasteiger partial charge in [0.1, 0.15) is 6.61 Å². The van der Waals surface area contributed by atoms with Crippen molar-refractivity contribution in [2.24, 2.45) is 0 Å². The second-order valence-corrected chi connectivity index (χ2v) is 4.93. The van der Waals surface area contributed by atoms with E-state index in [1.807, 2.05) is 54.6 Å². The Morgan fingerprint density at radius 2 is 1.82 bits per heavy atom. The minimum Gasteiger partial charge on any atom is -0.447 e. The van der Waals surface area contributed by atoms with Gasteiger partial charge in [0.15, 0.2) is 0 Å². The van der Waals surface area contributed by atoms with Crippen molar-refractivity contribution in [1.82, 2.24) is 4.90 Å². The Morgan fingerprint density at radius 3 is 2.55 bits per heavy atom. The van der Waals surface area contributed by atoms with Gasteiger partial charge in [-0.1, -0.05) is 48.5 Å². The lowest BCUT2D eigenvalue weighted by molar-refractivity contribution is -0.122. The number of nitrogens with zero attached hydrogens (tertiary/aromatic N) is 1. The van der Waals surface area contributed by atoms with Crippen molar-refractivity contribution in [3.05, 3.63) is 66.2 Å². The molecular weight excluding hydrogens is 278 g/mol. The monoisotopic (exact) mass is 293 g/mol. The van der Waals surface area contributed by atoms with E-state index in [1.54, 1.807) is 6.08 Å². The molecule has 1 saturated heterocycles. The lowest BCUT2D eigenvalue weighted by atomic mass is 10.0. The zero-order valence-electron chi connectivity index (χ0n) is 11.9. The summed E-state index contributed by atoms with van der Waals surface area (Å²) in [5, 5.41) is 0. The van der Waals surface area contributed by atoms with E-state index in [-0.39, 0.29) is 12.5 Å². The Morgan fingerprint density at radius 1 is 1.05 bits per heavy atom. The molecule has 0 N–H and O–H groups in total. The van der Waals surface area contributed by atoms with Crippen LogP contribution in [0, 0.1) is 0 Å². The Hall–Kier alpha value is -2.88. The van der Waals surface area contributed by atoms with Crippen LogP contribution in [0.15, 0.2) is 60.7 Å². The van der Waals surface area contributed by atoms with E-state index < -0.39 is 6.09 Å². The summed E-state index contributed by atoms with van der Waals surface area (Å²) in [4.78, 5) is 24.3. The summed E-state index contributed by atoms with van der Waals surface area (Å²) < 4.78 is 4.75. The molecule has 1 heterocycles. The van der Waals surface area contributed by atoms with Crippen LogP contribution in [0.3, 0.4) is 0 Å². The second kappa shape index (κ2) is 6.26. The molecule has 0 saturated carbocycles. The molecule has 0 bridgehead atoms. The topological polar surface area (TPSA) is 46.6 Å². The van der Waals surface area contributed by atoms with Gasteiger partial charge in [0.2, 0.25) is 0 Å². The molecule has 1 aliphatic rings. The molecule has 110 valence electrons. The quantitative estimate of drug-likeness (QED) is 0.815. The fourth-order valence-corrected chi connectivity index (χ4v) is 2.30. The molecule has 0 atom stereocenters. The van der Waals surface area contributed by atoms with Crippen molar-refractivity contribution < 1.29 is 14.3 Å². The Labute approximate surface area is 128 Å². The SMILES string of the molecule is O=C(/C=C/c1cccc(-c2ccccc2)c1)N1CCOC1=O. The number of rotatable bonds is 3.